The van der Waals surface area contributed by atoms with E-state index in [0.29, 0.717) is 0 Å². The molecule has 1 atom stereocenters. The molecular formula is C15H19FN2O3. The van der Waals surface area contributed by atoms with Crippen molar-refractivity contribution < 1.29 is 14.1 Å². The van der Waals surface area contributed by atoms with Gasteiger partial charge in [0.15, 0.2) is 0 Å². The van der Waals surface area contributed by atoms with Crippen molar-refractivity contribution in [3.63, 3.8) is 0 Å². The minimum Gasteiger partial charge on any atom is -0.349 e. The Balaban J connectivity index is 2.20. The molecule has 0 bridgehead atoms. The highest BCUT2D eigenvalue weighted by molar-refractivity contribution is 5.95. The average molecular weight is 294 g/mol. The molecule has 0 saturated heterocycles. The molecule has 0 heterocycles. The van der Waals surface area contributed by atoms with Crippen LogP contribution in [0.3, 0.4) is 0 Å². The summed E-state index contributed by atoms with van der Waals surface area (Å²) in [5, 5.41) is 13.6. The van der Waals surface area contributed by atoms with Gasteiger partial charge in [-0.05, 0) is 24.3 Å². The van der Waals surface area contributed by atoms with Crippen molar-refractivity contribution in [3.05, 3.63) is 39.7 Å². The van der Waals surface area contributed by atoms with Crippen molar-refractivity contribution in [1.29, 1.82) is 0 Å². The van der Waals surface area contributed by atoms with E-state index < -0.39 is 16.6 Å². The van der Waals surface area contributed by atoms with Crippen LogP contribution in [0.2, 0.25) is 0 Å². The molecule has 0 spiro atoms. The van der Waals surface area contributed by atoms with E-state index in [1.807, 2.05) is 0 Å². The first kappa shape index (κ1) is 15.4. The van der Waals surface area contributed by atoms with Crippen molar-refractivity contribution in [1.82, 2.24) is 5.32 Å². The number of hydrogen-bond acceptors (Lipinski definition) is 3. The third kappa shape index (κ3) is 3.37. The number of amides is 1. The summed E-state index contributed by atoms with van der Waals surface area (Å²) in [5.41, 5.74) is -0.611. The minimum atomic E-state index is -0.744. The number of non-ortho nitro benzene ring substituents is 1. The Hall–Kier alpha value is -1.98. The number of nitrogens with zero attached hydrogens (tertiary/aromatic N) is 1. The molecule has 1 fully saturated rings. The molecule has 1 aromatic carbocycles. The van der Waals surface area contributed by atoms with Crippen LogP contribution in [0.1, 0.15) is 49.9 Å². The van der Waals surface area contributed by atoms with Crippen LogP contribution >= 0.6 is 0 Å². The number of nitro groups is 1. The molecular weight excluding hydrogens is 275 g/mol. The van der Waals surface area contributed by atoms with Crippen LogP contribution in [-0.2, 0) is 0 Å². The number of carbonyl (C=O) groups excluding carboxylic acids is 1. The molecule has 1 aliphatic carbocycles. The Morgan fingerprint density at radius 1 is 1.43 bits per heavy atom. The van der Waals surface area contributed by atoms with Gasteiger partial charge in [0, 0.05) is 18.2 Å². The predicted molar refractivity (Wildman–Crippen MR) is 76.6 cm³/mol. The first-order valence-corrected chi connectivity index (χ1v) is 7.06. The smallest absolute Gasteiger partial charge is 0.270 e. The van der Waals surface area contributed by atoms with E-state index in [1.54, 1.807) is 0 Å². The molecule has 21 heavy (non-hydrogen) atoms. The van der Waals surface area contributed by atoms with Gasteiger partial charge in [-0.1, -0.05) is 26.7 Å². The summed E-state index contributed by atoms with van der Waals surface area (Å²) in [6.07, 6.45) is 3.97. The van der Waals surface area contributed by atoms with Gasteiger partial charge in [0.2, 0.25) is 0 Å². The summed E-state index contributed by atoms with van der Waals surface area (Å²) >= 11 is 0. The van der Waals surface area contributed by atoms with Crippen molar-refractivity contribution in [2.45, 2.75) is 45.6 Å². The van der Waals surface area contributed by atoms with Crippen molar-refractivity contribution in [3.8, 4) is 0 Å². The Labute approximate surface area is 122 Å². The fourth-order valence-electron chi connectivity index (χ4n) is 2.80. The van der Waals surface area contributed by atoms with E-state index in [4.69, 9.17) is 0 Å². The van der Waals surface area contributed by atoms with Gasteiger partial charge in [0.05, 0.1) is 10.5 Å². The molecule has 0 radical (unpaired) electrons. The molecule has 1 saturated carbocycles. The van der Waals surface area contributed by atoms with Crippen LogP contribution in [0.25, 0.3) is 0 Å². The second-order valence-electron chi connectivity index (χ2n) is 6.18. The molecule has 1 unspecified atom stereocenters. The lowest BCUT2D eigenvalue weighted by Crippen LogP contribution is -2.47. The number of halogens is 1. The molecule has 1 amide bonds. The second-order valence-corrected chi connectivity index (χ2v) is 6.18. The van der Waals surface area contributed by atoms with Crippen LogP contribution in [-0.4, -0.2) is 16.9 Å². The van der Waals surface area contributed by atoms with E-state index in [0.717, 1.165) is 43.9 Å². The number of nitro benzene ring substituents is 1. The van der Waals surface area contributed by atoms with E-state index in [1.165, 1.54) is 0 Å². The lowest BCUT2D eigenvalue weighted by Gasteiger charge is -2.39. The Bertz CT molecular complexity index is 572. The summed E-state index contributed by atoms with van der Waals surface area (Å²) in [7, 11) is 0. The van der Waals surface area contributed by atoms with E-state index in [-0.39, 0.29) is 22.7 Å². The zero-order valence-corrected chi connectivity index (χ0v) is 12.2. The Morgan fingerprint density at radius 3 is 2.76 bits per heavy atom. The van der Waals surface area contributed by atoms with Gasteiger partial charge < -0.3 is 5.32 Å². The minimum absolute atomic E-state index is 0.0441. The molecule has 0 aliphatic heterocycles. The van der Waals surface area contributed by atoms with Crippen molar-refractivity contribution in [2.24, 2.45) is 5.41 Å². The molecule has 0 aromatic heterocycles. The molecule has 1 aliphatic rings. The van der Waals surface area contributed by atoms with Gasteiger partial charge in [0.25, 0.3) is 11.6 Å². The van der Waals surface area contributed by atoms with Crippen LogP contribution < -0.4 is 5.32 Å². The van der Waals surface area contributed by atoms with E-state index >= 15 is 0 Å². The molecule has 114 valence electrons. The van der Waals surface area contributed by atoms with Gasteiger partial charge in [-0.2, -0.15) is 0 Å². The van der Waals surface area contributed by atoms with Crippen molar-refractivity contribution >= 4 is 11.6 Å². The molecule has 5 nitrogen and oxygen atoms in total. The lowest BCUT2D eigenvalue weighted by atomic mass is 9.73. The van der Waals surface area contributed by atoms with Gasteiger partial charge in [-0.25, -0.2) is 4.39 Å². The first-order valence-electron chi connectivity index (χ1n) is 7.06. The van der Waals surface area contributed by atoms with Crippen LogP contribution in [0.15, 0.2) is 18.2 Å². The molecule has 1 aromatic rings. The third-order valence-electron chi connectivity index (χ3n) is 4.22. The molecule has 1 N–H and O–H groups in total. The SMILES string of the molecule is CC1(C)CCCCC1NC(=O)c1cc([N+](=O)[O-])ccc1F. The fourth-order valence-corrected chi connectivity index (χ4v) is 2.80. The third-order valence-corrected chi connectivity index (χ3v) is 4.22. The zero-order chi connectivity index (χ0) is 15.6. The highest BCUT2D eigenvalue weighted by Gasteiger charge is 2.33. The zero-order valence-electron chi connectivity index (χ0n) is 12.2. The van der Waals surface area contributed by atoms with Crippen LogP contribution in [0.4, 0.5) is 10.1 Å². The largest absolute Gasteiger partial charge is 0.349 e. The molecule has 6 heteroatoms. The summed E-state index contributed by atoms with van der Waals surface area (Å²) < 4.78 is 13.7. The van der Waals surface area contributed by atoms with Crippen LogP contribution in [0.5, 0.6) is 0 Å². The highest BCUT2D eigenvalue weighted by atomic mass is 19.1. The maximum absolute atomic E-state index is 13.7. The Morgan fingerprint density at radius 2 is 2.14 bits per heavy atom. The first-order chi connectivity index (χ1) is 9.81. The Kier molecular flexibility index (Phi) is 4.25. The number of rotatable bonds is 3. The fraction of sp³-hybridized carbons (Fsp3) is 0.533. The number of benzene rings is 1. The quantitative estimate of drug-likeness (QED) is 0.685. The van der Waals surface area contributed by atoms with Gasteiger partial charge in [-0.15, -0.1) is 0 Å². The summed E-state index contributed by atoms with van der Waals surface area (Å²) in [6.45, 7) is 4.14. The summed E-state index contributed by atoms with van der Waals surface area (Å²) in [5.74, 6) is -1.33. The maximum atomic E-state index is 13.7. The predicted octanol–water partition coefficient (Wildman–Crippen LogP) is 3.43. The second kappa shape index (κ2) is 5.79. The average Bonchev–Trinajstić information content (AvgIpc) is 2.41. The van der Waals surface area contributed by atoms with E-state index in [2.05, 4.69) is 19.2 Å². The maximum Gasteiger partial charge on any atom is 0.270 e. The standard InChI is InChI=1S/C15H19FN2O3/c1-15(2)8-4-3-5-13(15)17-14(19)11-9-10(18(20)21)6-7-12(11)16/h6-7,9,13H,3-5,8H2,1-2H3,(H,17,19). The number of carbonyl (C=O) groups is 1. The molecule has 2 rings (SSSR count). The highest BCUT2D eigenvalue weighted by Crippen LogP contribution is 2.35. The van der Waals surface area contributed by atoms with Gasteiger partial charge in [0.1, 0.15) is 5.82 Å². The van der Waals surface area contributed by atoms with Gasteiger partial charge in [-0.3, -0.25) is 14.9 Å². The summed E-state index contributed by atoms with van der Waals surface area (Å²) in [4.78, 5) is 22.3. The van der Waals surface area contributed by atoms with Crippen molar-refractivity contribution in [2.75, 3.05) is 0 Å². The monoisotopic (exact) mass is 294 g/mol. The normalized spacial score (nSPS) is 20.8. The summed E-state index contributed by atoms with van der Waals surface area (Å²) in [6, 6.07) is 2.95. The van der Waals surface area contributed by atoms with E-state index in [9.17, 15) is 19.3 Å². The number of hydrogen-bond donors (Lipinski definition) is 1. The lowest BCUT2D eigenvalue weighted by molar-refractivity contribution is -0.384. The van der Waals surface area contributed by atoms with Crippen LogP contribution in [0, 0.1) is 21.3 Å². The topological polar surface area (TPSA) is 72.2 Å². The van der Waals surface area contributed by atoms with Gasteiger partial charge >= 0.3 is 0 Å². The number of nitrogens with one attached hydrogen (secondary N) is 1.